The van der Waals surface area contributed by atoms with Crippen LogP contribution in [0.25, 0.3) is 0 Å². The summed E-state index contributed by atoms with van der Waals surface area (Å²) in [5.74, 6) is -2.66. The van der Waals surface area contributed by atoms with Gasteiger partial charge in [0.2, 0.25) is 0 Å². The maximum absolute atomic E-state index is 14.0. The molecule has 1 aromatic rings. The van der Waals surface area contributed by atoms with Crippen LogP contribution < -0.4 is 17.1 Å². The van der Waals surface area contributed by atoms with Crippen LogP contribution in [-0.2, 0) is 28.6 Å². The molecule has 234 valence electrons. The number of aromatic nitrogens is 3. The van der Waals surface area contributed by atoms with Crippen LogP contribution >= 0.6 is 0 Å². The van der Waals surface area contributed by atoms with Crippen molar-refractivity contribution in [2.75, 3.05) is 0 Å². The Kier molecular flexibility index (Phi) is 16.5. The van der Waals surface area contributed by atoms with Crippen molar-refractivity contribution in [1.82, 2.24) is 13.7 Å². The van der Waals surface area contributed by atoms with Gasteiger partial charge >= 0.3 is 35.0 Å². The maximum Gasteiger partial charge on any atom is 0.342 e. The van der Waals surface area contributed by atoms with Crippen molar-refractivity contribution in [3.63, 3.8) is 0 Å². The highest BCUT2D eigenvalue weighted by Crippen LogP contribution is 2.20. The molecule has 12 heteroatoms. The summed E-state index contributed by atoms with van der Waals surface area (Å²) in [6.07, 6.45) is 4.60. The Balaban J connectivity index is 4.15. The van der Waals surface area contributed by atoms with E-state index in [1.54, 1.807) is 0 Å². The Labute approximate surface area is 246 Å². The lowest BCUT2D eigenvalue weighted by Gasteiger charge is -2.27. The largest absolute Gasteiger partial charge is 0.438 e. The molecule has 0 saturated heterocycles. The van der Waals surface area contributed by atoms with Gasteiger partial charge in [0, 0.05) is 37.5 Å². The molecule has 1 rings (SSSR count). The molecule has 3 unspecified atom stereocenters. The Morgan fingerprint density at radius 1 is 0.548 bits per heavy atom. The molecule has 0 radical (unpaired) electrons. The molecule has 0 amide bonds. The van der Waals surface area contributed by atoms with Crippen molar-refractivity contribution in [2.24, 2.45) is 0 Å². The van der Waals surface area contributed by atoms with Crippen molar-refractivity contribution < 1.29 is 28.6 Å². The second kappa shape index (κ2) is 19.2. The number of carbonyl (C=O) groups excluding carboxylic acids is 3. The van der Waals surface area contributed by atoms with Gasteiger partial charge in [-0.25, -0.2) is 42.5 Å². The number of hydrogen-bond donors (Lipinski definition) is 0. The van der Waals surface area contributed by atoms with Crippen LogP contribution in [0.5, 0.6) is 0 Å². The summed E-state index contributed by atoms with van der Waals surface area (Å²) in [5.41, 5.74) is -3.42. The zero-order valence-corrected chi connectivity index (χ0v) is 25.1. The van der Waals surface area contributed by atoms with Gasteiger partial charge in [0.1, 0.15) is 0 Å². The van der Waals surface area contributed by atoms with Gasteiger partial charge in [0.05, 0.1) is 0 Å². The number of unbranched alkanes of at least 4 members (excludes halogenated alkanes) is 6. The number of hydrogen-bond acceptors (Lipinski definition) is 9. The molecular weight excluding hydrogens is 546 g/mol. The summed E-state index contributed by atoms with van der Waals surface area (Å²) < 4.78 is 18.2. The SMILES string of the molecule is C=CC(=O)OC(CCCCC)n1c(=O)n(C(CCCCC)OC(=O)C=C)c(=O)n(C(CCCCC)OC(=O)C=C)c1=O. The van der Waals surface area contributed by atoms with E-state index in [-0.39, 0.29) is 19.3 Å². The van der Waals surface area contributed by atoms with Gasteiger partial charge < -0.3 is 14.2 Å². The van der Waals surface area contributed by atoms with E-state index in [9.17, 15) is 28.8 Å². The van der Waals surface area contributed by atoms with Gasteiger partial charge in [-0.15, -0.1) is 0 Å². The highest BCUT2D eigenvalue weighted by atomic mass is 16.6. The first-order valence-electron chi connectivity index (χ1n) is 14.6. The molecule has 1 heterocycles. The van der Waals surface area contributed by atoms with Crippen LogP contribution in [-0.4, -0.2) is 31.6 Å². The molecule has 12 nitrogen and oxygen atoms in total. The second-order valence-electron chi connectivity index (χ2n) is 9.73. The van der Waals surface area contributed by atoms with Gasteiger partial charge in [-0.1, -0.05) is 79.0 Å². The number of rotatable bonds is 21. The predicted octanol–water partition coefficient (Wildman–Crippen LogP) is 4.60. The van der Waals surface area contributed by atoms with Crippen LogP contribution in [0.3, 0.4) is 0 Å². The van der Waals surface area contributed by atoms with Crippen molar-refractivity contribution in [1.29, 1.82) is 0 Å². The monoisotopic (exact) mass is 591 g/mol. The normalized spacial score (nSPS) is 12.9. The van der Waals surface area contributed by atoms with E-state index < -0.39 is 53.7 Å². The molecule has 0 aliphatic carbocycles. The zero-order valence-electron chi connectivity index (χ0n) is 25.1. The molecule has 0 fully saturated rings. The van der Waals surface area contributed by atoms with E-state index in [1.807, 2.05) is 20.8 Å². The zero-order chi connectivity index (χ0) is 31.7. The van der Waals surface area contributed by atoms with E-state index >= 15 is 0 Å². The van der Waals surface area contributed by atoms with Gasteiger partial charge in [-0.2, -0.15) is 0 Å². The molecule has 0 saturated carbocycles. The fraction of sp³-hybridized carbons (Fsp3) is 0.600. The van der Waals surface area contributed by atoms with Crippen LogP contribution in [0, 0.1) is 0 Å². The third-order valence-corrected chi connectivity index (χ3v) is 6.52. The predicted molar refractivity (Wildman–Crippen MR) is 158 cm³/mol. The molecule has 0 aromatic carbocycles. The molecular formula is C30H45N3O9. The van der Waals surface area contributed by atoms with E-state index in [4.69, 9.17) is 14.2 Å². The van der Waals surface area contributed by atoms with Crippen LogP contribution in [0.4, 0.5) is 0 Å². The van der Waals surface area contributed by atoms with E-state index in [1.165, 1.54) is 0 Å². The van der Waals surface area contributed by atoms with Crippen LogP contribution in [0.15, 0.2) is 52.3 Å². The van der Waals surface area contributed by atoms with Gasteiger partial charge in [-0.05, 0) is 19.3 Å². The summed E-state index contributed by atoms with van der Waals surface area (Å²) in [6, 6.07) is 0. The van der Waals surface area contributed by atoms with Crippen LogP contribution in [0.1, 0.15) is 117 Å². The van der Waals surface area contributed by atoms with E-state index in [0.29, 0.717) is 52.2 Å². The summed E-state index contributed by atoms with van der Waals surface area (Å²) in [5, 5.41) is 0. The fourth-order valence-electron chi connectivity index (χ4n) is 4.31. The Hall–Kier alpha value is -3.96. The molecule has 42 heavy (non-hydrogen) atoms. The van der Waals surface area contributed by atoms with Crippen molar-refractivity contribution in [3.8, 4) is 0 Å². The average molecular weight is 592 g/mol. The highest BCUT2D eigenvalue weighted by Gasteiger charge is 2.32. The topological polar surface area (TPSA) is 145 Å². The quantitative estimate of drug-likeness (QED) is 0.0867. The molecule has 3 atom stereocenters. The molecule has 0 aliphatic rings. The minimum absolute atomic E-state index is 0.0701. The van der Waals surface area contributed by atoms with Crippen molar-refractivity contribution >= 4 is 17.9 Å². The Morgan fingerprint density at radius 2 is 0.786 bits per heavy atom. The maximum atomic E-state index is 14.0. The lowest BCUT2D eigenvalue weighted by Crippen LogP contribution is -2.58. The molecule has 0 bridgehead atoms. The first-order valence-corrected chi connectivity index (χ1v) is 14.6. The van der Waals surface area contributed by atoms with E-state index in [0.717, 1.165) is 37.5 Å². The lowest BCUT2D eigenvalue weighted by molar-refractivity contribution is -0.151. The third kappa shape index (κ3) is 10.5. The van der Waals surface area contributed by atoms with Gasteiger partial charge in [0.25, 0.3) is 0 Å². The first-order chi connectivity index (χ1) is 20.1. The first kappa shape index (κ1) is 36.1. The number of nitrogens with zero attached hydrogens (tertiary/aromatic N) is 3. The Bertz CT molecular complexity index is 1080. The van der Waals surface area contributed by atoms with Crippen molar-refractivity contribution in [3.05, 3.63) is 69.4 Å². The summed E-state index contributed by atoms with van der Waals surface area (Å²) in [6.45, 7) is 16.0. The van der Waals surface area contributed by atoms with Gasteiger partial charge in [-0.3, -0.25) is 0 Å². The average Bonchev–Trinajstić information content (AvgIpc) is 2.96. The van der Waals surface area contributed by atoms with Crippen molar-refractivity contribution in [2.45, 2.75) is 117 Å². The number of carbonyl (C=O) groups is 3. The molecule has 0 aliphatic heterocycles. The smallest absolute Gasteiger partial charge is 0.342 e. The standard InChI is InChI=1S/C30H45N3O9/c1-7-13-16-19-22(40-25(34)10-4)31-28(37)32(23(20-17-14-8-2)41-26(35)11-5)30(39)33(29(31)38)24(21-18-15-9-3)42-27(36)12-6/h10-12,22-24H,4-9,13-21H2,1-3H3. The summed E-state index contributed by atoms with van der Waals surface area (Å²) in [7, 11) is 0. The summed E-state index contributed by atoms with van der Waals surface area (Å²) >= 11 is 0. The fourth-order valence-corrected chi connectivity index (χ4v) is 4.31. The third-order valence-electron chi connectivity index (χ3n) is 6.52. The number of ether oxygens (including phenoxy) is 3. The summed E-state index contributed by atoms with van der Waals surface area (Å²) in [4.78, 5) is 78.7. The highest BCUT2D eigenvalue weighted by molar-refractivity contribution is 5.82. The minimum Gasteiger partial charge on any atom is -0.438 e. The van der Waals surface area contributed by atoms with E-state index in [2.05, 4.69) is 19.7 Å². The molecule has 1 aromatic heterocycles. The lowest BCUT2D eigenvalue weighted by atomic mass is 10.2. The molecule has 0 N–H and O–H groups in total. The Morgan fingerprint density at radius 3 is 0.976 bits per heavy atom. The van der Waals surface area contributed by atoms with Gasteiger partial charge in [0.15, 0.2) is 18.7 Å². The molecule has 0 spiro atoms. The second-order valence-corrected chi connectivity index (χ2v) is 9.73. The minimum atomic E-state index is -1.42. The number of esters is 3. The van der Waals surface area contributed by atoms with Crippen LogP contribution in [0.2, 0.25) is 0 Å².